The second kappa shape index (κ2) is 11.9. The van der Waals surface area contributed by atoms with Crippen molar-refractivity contribution in [2.45, 2.75) is 0 Å². The normalized spacial score (nSPS) is 11.7. The Balaban J connectivity index is 0.00000351. The monoisotopic (exact) mass is 810 g/mol. The van der Waals surface area contributed by atoms with Crippen LogP contribution in [0.3, 0.4) is 0 Å². The van der Waals surface area contributed by atoms with Crippen LogP contribution in [0.1, 0.15) is 11.4 Å². The zero-order valence-electron chi connectivity index (χ0n) is 23.9. The van der Waals surface area contributed by atoms with E-state index >= 15 is 8.78 Å². The summed E-state index contributed by atoms with van der Waals surface area (Å²) in [6.45, 7) is 0. The van der Waals surface area contributed by atoms with Gasteiger partial charge in [0, 0.05) is 5.69 Å². The fourth-order valence-corrected chi connectivity index (χ4v) is 5.84. The number of fused-ring (bicyclic) bond motifs is 9. The Labute approximate surface area is 279 Å². The molecule has 0 saturated carbocycles. The second-order valence-electron chi connectivity index (χ2n) is 10.7. The van der Waals surface area contributed by atoms with Crippen LogP contribution in [0.4, 0.5) is 22.0 Å². The van der Waals surface area contributed by atoms with Crippen LogP contribution in [0, 0.1) is 29.1 Å². The Morgan fingerprint density at radius 2 is 0.745 bits per heavy atom. The number of hydrogen-bond donors (Lipinski definition) is 0. The van der Waals surface area contributed by atoms with Crippen LogP contribution in [-0.4, -0.2) is 4.98 Å². The molecule has 0 spiro atoms. The van der Waals surface area contributed by atoms with E-state index in [4.69, 9.17) is 19.9 Å². The van der Waals surface area contributed by atoms with Gasteiger partial charge in [0.1, 0.15) is 0 Å². The second-order valence-corrected chi connectivity index (χ2v) is 10.7. The van der Waals surface area contributed by atoms with Crippen LogP contribution in [-0.2, 0) is 22.4 Å². The number of rotatable bonds is 3. The van der Waals surface area contributed by atoms with E-state index in [-0.39, 0.29) is 39.0 Å². The number of nitrogens with zero attached hydrogens (tertiary/aromatic N) is 4. The van der Waals surface area contributed by atoms with E-state index in [2.05, 4.69) is 0 Å². The molecule has 4 aromatic heterocycles. The topological polar surface area (TPSA) is 55.2 Å². The first-order chi connectivity index (χ1) is 22.4. The van der Waals surface area contributed by atoms with Gasteiger partial charge in [-0.15, -0.1) is 33.1 Å². The van der Waals surface area contributed by atoms with Gasteiger partial charge in [0.2, 0.25) is 5.82 Å². The van der Waals surface area contributed by atoms with Crippen molar-refractivity contribution in [1.82, 2.24) is 19.9 Å². The van der Waals surface area contributed by atoms with Gasteiger partial charge in [0.05, 0.1) is 11.3 Å². The van der Waals surface area contributed by atoms with Gasteiger partial charge >= 0.3 is 22.4 Å². The Kier molecular flexibility index (Phi) is 7.68. The quantitative estimate of drug-likeness (QED) is 0.0774. The molecule has 1 aliphatic heterocycles. The zero-order chi connectivity index (χ0) is 31.5. The summed E-state index contributed by atoms with van der Waals surface area (Å²) in [5.41, 5.74) is 4.27. The molecule has 232 valence electrons. The van der Waals surface area contributed by atoms with Crippen molar-refractivity contribution in [1.29, 1.82) is 0 Å². The van der Waals surface area contributed by atoms with E-state index in [1.54, 1.807) is 12.1 Å². The summed E-state index contributed by atoms with van der Waals surface area (Å²) in [7, 11) is 0. The van der Waals surface area contributed by atoms with Gasteiger partial charge < -0.3 is 15.0 Å². The number of benzene rings is 3. The predicted molar refractivity (Wildman–Crippen MR) is 168 cm³/mol. The number of aromatic nitrogens is 4. The molecule has 0 aliphatic carbocycles. The molecular weight excluding hydrogens is 792 g/mol. The molecule has 8 rings (SSSR count). The average molecular weight is 811 g/mol. The van der Waals surface area contributed by atoms with Crippen LogP contribution < -0.4 is 15.0 Å². The van der Waals surface area contributed by atoms with Crippen LogP contribution in [0.25, 0.3) is 78.6 Å². The molecule has 0 radical (unpaired) electrons. The fraction of sp³-hybridized carbons (Fsp3) is 0. The Bertz CT molecular complexity index is 2450. The van der Waals surface area contributed by atoms with Gasteiger partial charge in [-0.3, -0.25) is 0 Å². The number of halogens is 5. The minimum atomic E-state index is -2.25. The first kappa shape index (κ1) is 30.4. The molecule has 1 aliphatic rings. The smallest absolute Gasteiger partial charge is 0.657 e. The molecule has 8 bridgehead atoms. The van der Waals surface area contributed by atoms with Crippen LogP contribution in [0.5, 0.6) is 0 Å². The van der Waals surface area contributed by atoms with Crippen LogP contribution in [0.15, 0.2) is 97.1 Å². The van der Waals surface area contributed by atoms with E-state index in [1.165, 1.54) is 12.1 Å². The summed E-state index contributed by atoms with van der Waals surface area (Å²) < 4.78 is 74.5. The summed E-state index contributed by atoms with van der Waals surface area (Å²) in [5, 5.41) is 0. The third kappa shape index (κ3) is 5.00. The third-order valence-corrected chi connectivity index (χ3v) is 7.94. The first-order valence-electron chi connectivity index (χ1n) is 14.2. The third-order valence-electron chi connectivity index (χ3n) is 7.94. The molecule has 0 saturated heterocycles. The standard InChI is InChI=1S/C37H18F5N4.Au/c38-33-32(34(39)36(41)37(42)35(33)40)31-27-17-15-25(45-27)29(19-7-3-1-4-8-19)23-13-11-21(43-23)22-12-14-24(44-22)30(20-9-5-2-6-10-20)26-16-18-28(31)46-26;/h1-18H;/q-3;+3. The minimum absolute atomic E-state index is 0. The molecule has 4 nitrogen and oxygen atoms in total. The molecule has 0 atom stereocenters. The van der Waals surface area contributed by atoms with Crippen molar-refractivity contribution in [3.05, 3.63) is 138 Å². The van der Waals surface area contributed by atoms with Crippen molar-refractivity contribution in [3.63, 3.8) is 0 Å². The summed E-state index contributed by atoms with van der Waals surface area (Å²) in [4.78, 5) is 19.2. The summed E-state index contributed by atoms with van der Waals surface area (Å²) in [5.74, 6) is -10.3. The van der Waals surface area contributed by atoms with Crippen molar-refractivity contribution in [2.24, 2.45) is 0 Å². The minimum Gasteiger partial charge on any atom is -0.657 e. The van der Waals surface area contributed by atoms with Gasteiger partial charge in [-0.25, -0.2) is 26.9 Å². The summed E-state index contributed by atoms with van der Waals surface area (Å²) in [6.07, 6.45) is 3.67. The Morgan fingerprint density at radius 3 is 1.28 bits per heavy atom. The molecule has 10 heteroatoms. The van der Waals surface area contributed by atoms with Crippen LogP contribution in [0.2, 0.25) is 0 Å². The van der Waals surface area contributed by atoms with Gasteiger partial charge in [-0.2, -0.15) is 0 Å². The maximum atomic E-state index is 15.5. The van der Waals surface area contributed by atoms with E-state index in [0.717, 1.165) is 11.1 Å². The van der Waals surface area contributed by atoms with Crippen molar-refractivity contribution in [2.75, 3.05) is 0 Å². The summed E-state index contributed by atoms with van der Waals surface area (Å²) in [6, 6.07) is 28.4. The molecular formula is C37H18AuF5N4. The maximum Gasteiger partial charge on any atom is 3.00 e. The SMILES string of the molecule is Fc1c(F)c(F)c(-c2c3ccc([n-]3)c(-c3ccccc3)c3nc(c4ccc([n-]4)c(-c4ccccc4)c4ccc2[n-]4)C=C3)c(F)c1F.[Au+3]. The fourth-order valence-electron chi connectivity index (χ4n) is 5.84. The molecule has 3 aromatic carbocycles. The molecule has 5 heterocycles. The Morgan fingerprint density at radius 1 is 0.362 bits per heavy atom. The molecule has 0 amide bonds. The van der Waals surface area contributed by atoms with E-state index in [1.807, 2.05) is 84.9 Å². The maximum absolute atomic E-state index is 15.5. The number of hydrogen-bond acceptors (Lipinski definition) is 1. The first-order valence-corrected chi connectivity index (χ1v) is 14.2. The molecule has 7 aromatic rings. The molecule has 0 unspecified atom stereocenters. The molecule has 47 heavy (non-hydrogen) atoms. The molecule has 0 fully saturated rings. The van der Waals surface area contributed by atoms with Gasteiger partial charge in [-0.1, -0.05) is 97.1 Å². The van der Waals surface area contributed by atoms with Crippen molar-refractivity contribution >= 4 is 45.3 Å². The van der Waals surface area contributed by atoms with Gasteiger partial charge in [0.15, 0.2) is 23.3 Å². The Hall–Kier alpha value is -5.22. The average Bonchev–Trinajstić information content (AvgIpc) is 3.91. The van der Waals surface area contributed by atoms with E-state index in [9.17, 15) is 13.2 Å². The largest absolute Gasteiger partial charge is 3.00 e. The van der Waals surface area contributed by atoms with Crippen molar-refractivity contribution < 1.29 is 44.3 Å². The van der Waals surface area contributed by atoms with Gasteiger partial charge in [-0.05, 0) is 40.0 Å². The van der Waals surface area contributed by atoms with Crippen molar-refractivity contribution in [3.8, 4) is 33.4 Å². The van der Waals surface area contributed by atoms with Crippen LogP contribution >= 0.6 is 0 Å². The predicted octanol–water partition coefficient (Wildman–Crippen LogP) is 9.28. The van der Waals surface area contributed by atoms with Gasteiger partial charge in [0.25, 0.3) is 0 Å². The molecule has 0 N–H and O–H groups in total. The zero-order valence-corrected chi connectivity index (χ0v) is 26.0. The van der Waals surface area contributed by atoms with E-state index < -0.39 is 34.6 Å². The van der Waals surface area contributed by atoms with E-state index in [0.29, 0.717) is 44.6 Å². The summed E-state index contributed by atoms with van der Waals surface area (Å²) >= 11 is 0.